The van der Waals surface area contributed by atoms with Crippen LogP contribution in [0, 0.1) is 0 Å². The van der Waals surface area contributed by atoms with E-state index in [1.54, 1.807) is 27.1 Å². The highest BCUT2D eigenvalue weighted by Crippen LogP contribution is 2.20. The van der Waals surface area contributed by atoms with Crippen LogP contribution in [0.4, 0.5) is 4.39 Å². The Morgan fingerprint density at radius 2 is 1.86 bits per heavy atom. The minimum atomic E-state index is -1.27. The molecule has 2 heteroatoms. The Morgan fingerprint density at radius 3 is 2.14 bits per heavy atom. The zero-order valence-corrected chi connectivity index (χ0v) is 10.3. The van der Waals surface area contributed by atoms with Crippen molar-refractivity contribution in [3.05, 3.63) is 23.9 Å². The third kappa shape index (κ3) is 7.84. The van der Waals surface area contributed by atoms with E-state index in [4.69, 9.17) is 0 Å². The van der Waals surface area contributed by atoms with Gasteiger partial charge in [-0.25, -0.2) is 4.39 Å². The van der Waals surface area contributed by atoms with E-state index in [-0.39, 0.29) is 0 Å². The molecule has 0 aliphatic carbocycles. The van der Waals surface area contributed by atoms with Gasteiger partial charge in [-0.1, -0.05) is 32.9 Å². The average molecular weight is 201 g/mol. The van der Waals surface area contributed by atoms with E-state index >= 15 is 0 Å². The van der Waals surface area contributed by atoms with Gasteiger partial charge in [-0.15, -0.1) is 0 Å². The quantitative estimate of drug-likeness (QED) is 0.682. The molecule has 0 bridgehead atoms. The first-order valence-electron chi connectivity index (χ1n) is 5.25. The molecule has 0 heterocycles. The van der Waals surface area contributed by atoms with Crippen LogP contribution in [0.2, 0.25) is 0 Å². The monoisotopic (exact) mass is 201 g/mol. The lowest BCUT2D eigenvalue weighted by molar-refractivity contribution is 0.273. The fourth-order valence-electron chi connectivity index (χ4n) is 0.818. The predicted molar refractivity (Wildman–Crippen MR) is 63.1 cm³/mol. The van der Waals surface area contributed by atoms with Crippen LogP contribution in [0.15, 0.2) is 23.9 Å². The molecule has 0 aromatic rings. The SMILES string of the molecule is CC.CC/C=C/C(=C\NC)C(C)(C)F. The van der Waals surface area contributed by atoms with E-state index in [0.717, 1.165) is 6.42 Å². The van der Waals surface area contributed by atoms with Crippen LogP contribution in [-0.2, 0) is 0 Å². The van der Waals surface area contributed by atoms with Crippen LogP contribution in [0.3, 0.4) is 0 Å². The molecule has 1 N–H and O–H groups in total. The molecule has 0 aromatic heterocycles. The van der Waals surface area contributed by atoms with Crippen LogP contribution in [0.5, 0.6) is 0 Å². The van der Waals surface area contributed by atoms with Crippen molar-refractivity contribution in [3.63, 3.8) is 0 Å². The van der Waals surface area contributed by atoms with Gasteiger partial charge in [0, 0.05) is 18.8 Å². The van der Waals surface area contributed by atoms with Crippen LogP contribution in [0.25, 0.3) is 0 Å². The van der Waals surface area contributed by atoms with E-state index in [9.17, 15) is 4.39 Å². The molecule has 0 atom stereocenters. The number of allylic oxidation sites excluding steroid dienone is 3. The summed E-state index contributed by atoms with van der Waals surface area (Å²) in [5.74, 6) is 0. The third-order valence-corrected chi connectivity index (χ3v) is 1.52. The number of hydrogen-bond donors (Lipinski definition) is 1. The Morgan fingerprint density at radius 1 is 1.36 bits per heavy atom. The molecule has 14 heavy (non-hydrogen) atoms. The minimum Gasteiger partial charge on any atom is -0.394 e. The molecule has 0 fully saturated rings. The van der Waals surface area contributed by atoms with E-state index < -0.39 is 5.67 Å². The Bertz CT molecular complexity index is 175. The third-order valence-electron chi connectivity index (χ3n) is 1.52. The van der Waals surface area contributed by atoms with Gasteiger partial charge in [0.05, 0.1) is 0 Å². The first-order valence-corrected chi connectivity index (χ1v) is 5.25. The molecule has 0 aromatic carbocycles. The van der Waals surface area contributed by atoms with E-state index in [0.29, 0.717) is 5.57 Å². The van der Waals surface area contributed by atoms with Gasteiger partial charge in [-0.3, -0.25) is 0 Å². The van der Waals surface area contributed by atoms with Gasteiger partial charge in [0.15, 0.2) is 0 Å². The summed E-state index contributed by atoms with van der Waals surface area (Å²) < 4.78 is 13.4. The fourth-order valence-corrected chi connectivity index (χ4v) is 0.818. The second-order valence-corrected chi connectivity index (χ2v) is 3.17. The minimum absolute atomic E-state index is 0.673. The molecule has 0 aliphatic rings. The Balaban J connectivity index is 0. The Labute approximate surface area is 88.1 Å². The number of hydrogen-bond acceptors (Lipinski definition) is 1. The summed E-state index contributed by atoms with van der Waals surface area (Å²) in [7, 11) is 1.77. The van der Waals surface area contributed by atoms with Crippen molar-refractivity contribution in [3.8, 4) is 0 Å². The zero-order chi connectivity index (χ0) is 11.6. The van der Waals surface area contributed by atoms with Crippen molar-refractivity contribution in [1.82, 2.24) is 5.32 Å². The molecule has 0 saturated heterocycles. The molecule has 0 rings (SSSR count). The summed E-state index contributed by atoms with van der Waals surface area (Å²) in [5, 5.41) is 2.83. The standard InChI is InChI=1S/C10H18FN.C2H6/c1-5-6-7-9(8-12-4)10(2,3)11;1-2/h6-8,12H,5H2,1-4H3;1-2H3/b7-6+,9-8+;. The van der Waals surface area contributed by atoms with Crippen LogP contribution in [-0.4, -0.2) is 12.7 Å². The van der Waals surface area contributed by atoms with Crippen molar-refractivity contribution >= 4 is 0 Å². The summed E-state index contributed by atoms with van der Waals surface area (Å²) in [6.07, 6.45) is 6.38. The normalized spacial score (nSPS) is 12.4. The first kappa shape index (κ1) is 15.7. The lowest BCUT2D eigenvalue weighted by Crippen LogP contribution is -2.16. The fraction of sp³-hybridized carbons (Fsp3) is 0.667. The van der Waals surface area contributed by atoms with Gasteiger partial charge < -0.3 is 5.32 Å². The van der Waals surface area contributed by atoms with Gasteiger partial charge in [-0.2, -0.15) is 0 Å². The lowest BCUT2D eigenvalue weighted by Gasteiger charge is -2.15. The highest BCUT2D eigenvalue weighted by atomic mass is 19.1. The number of halogens is 1. The molecule has 0 unspecified atom stereocenters. The predicted octanol–water partition coefficient (Wildman–Crippen LogP) is 3.83. The average Bonchev–Trinajstić information content (AvgIpc) is 2.14. The molecular weight excluding hydrogens is 177 g/mol. The summed E-state index contributed by atoms with van der Waals surface area (Å²) in [6.45, 7) is 9.13. The summed E-state index contributed by atoms with van der Waals surface area (Å²) in [4.78, 5) is 0. The molecule has 0 spiro atoms. The van der Waals surface area contributed by atoms with Gasteiger partial charge in [0.2, 0.25) is 0 Å². The number of alkyl halides is 1. The largest absolute Gasteiger partial charge is 0.394 e. The molecule has 1 nitrogen and oxygen atoms in total. The number of nitrogens with one attached hydrogen (secondary N) is 1. The maximum absolute atomic E-state index is 13.4. The van der Waals surface area contributed by atoms with Gasteiger partial charge in [0.25, 0.3) is 0 Å². The number of rotatable bonds is 4. The van der Waals surface area contributed by atoms with Gasteiger partial charge in [0.1, 0.15) is 5.67 Å². The van der Waals surface area contributed by atoms with Crippen LogP contribution < -0.4 is 5.32 Å². The summed E-state index contributed by atoms with van der Waals surface area (Å²) in [5.41, 5.74) is -0.596. The molecule has 0 radical (unpaired) electrons. The second kappa shape index (κ2) is 8.79. The van der Waals surface area contributed by atoms with Crippen LogP contribution in [0.1, 0.15) is 41.0 Å². The lowest BCUT2D eigenvalue weighted by atomic mass is 10.0. The van der Waals surface area contributed by atoms with Crippen molar-refractivity contribution < 1.29 is 4.39 Å². The second-order valence-electron chi connectivity index (χ2n) is 3.17. The highest BCUT2D eigenvalue weighted by molar-refractivity contribution is 5.26. The van der Waals surface area contributed by atoms with E-state index in [2.05, 4.69) is 5.32 Å². The van der Waals surface area contributed by atoms with Gasteiger partial charge in [-0.05, 0) is 20.3 Å². The van der Waals surface area contributed by atoms with E-state index in [1.165, 1.54) is 0 Å². The maximum atomic E-state index is 13.4. The highest BCUT2D eigenvalue weighted by Gasteiger charge is 2.18. The maximum Gasteiger partial charge on any atom is 0.131 e. The summed E-state index contributed by atoms with van der Waals surface area (Å²) >= 11 is 0. The smallest absolute Gasteiger partial charge is 0.131 e. The van der Waals surface area contributed by atoms with Crippen molar-refractivity contribution in [2.75, 3.05) is 7.05 Å². The van der Waals surface area contributed by atoms with Crippen molar-refractivity contribution in [1.29, 1.82) is 0 Å². The van der Waals surface area contributed by atoms with Crippen LogP contribution >= 0.6 is 0 Å². The van der Waals surface area contributed by atoms with Crippen molar-refractivity contribution in [2.24, 2.45) is 0 Å². The molecule has 0 saturated carbocycles. The Kier molecular flexibility index (Phi) is 9.84. The van der Waals surface area contributed by atoms with E-state index in [1.807, 2.05) is 32.9 Å². The molecule has 84 valence electrons. The van der Waals surface area contributed by atoms with Gasteiger partial charge >= 0.3 is 0 Å². The molecule has 0 aliphatic heterocycles. The molecule has 0 amide bonds. The van der Waals surface area contributed by atoms with Crippen molar-refractivity contribution in [2.45, 2.75) is 46.7 Å². The summed E-state index contributed by atoms with van der Waals surface area (Å²) in [6, 6.07) is 0. The Hall–Kier alpha value is -0.790. The first-order chi connectivity index (χ1) is 6.52. The topological polar surface area (TPSA) is 12.0 Å². The zero-order valence-electron chi connectivity index (χ0n) is 10.3. The molecular formula is C12H24FN.